The first-order valence-electron chi connectivity index (χ1n) is 7.97. The number of carbonyl (C=O) groups excluding carboxylic acids is 1. The highest BCUT2D eigenvalue weighted by Gasteiger charge is 2.12. The average molecular weight is 290 g/mol. The molecule has 4 heteroatoms. The Labute approximate surface area is 127 Å². The van der Waals surface area contributed by atoms with Crippen molar-refractivity contribution in [3.05, 3.63) is 35.4 Å². The topological polar surface area (TPSA) is 64.4 Å². The molecule has 2 rings (SSSR count). The molecule has 0 aliphatic heterocycles. The summed E-state index contributed by atoms with van der Waals surface area (Å²) in [4.78, 5) is 11.1. The van der Waals surface area contributed by atoms with Gasteiger partial charge in [-0.25, -0.2) is 0 Å². The molecule has 21 heavy (non-hydrogen) atoms. The number of rotatable bonds is 8. The third-order valence-electron chi connectivity index (χ3n) is 3.94. The van der Waals surface area contributed by atoms with Crippen molar-refractivity contribution in [3.8, 4) is 0 Å². The van der Waals surface area contributed by atoms with E-state index in [1.165, 1.54) is 32.1 Å². The van der Waals surface area contributed by atoms with Crippen LogP contribution in [0.2, 0.25) is 0 Å². The van der Waals surface area contributed by atoms with Gasteiger partial charge in [0.25, 0.3) is 0 Å². The number of primary amides is 1. The van der Waals surface area contributed by atoms with E-state index in [0.717, 1.165) is 31.7 Å². The zero-order chi connectivity index (χ0) is 14.9. The van der Waals surface area contributed by atoms with Gasteiger partial charge in [0.2, 0.25) is 5.91 Å². The van der Waals surface area contributed by atoms with Crippen LogP contribution in [-0.2, 0) is 11.3 Å². The molecule has 0 atom stereocenters. The largest absolute Gasteiger partial charge is 0.378 e. The smallest absolute Gasteiger partial charge is 0.248 e. The number of benzene rings is 1. The van der Waals surface area contributed by atoms with Gasteiger partial charge in [0, 0.05) is 18.7 Å². The summed E-state index contributed by atoms with van der Waals surface area (Å²) in [5, 5.41) is 3.37. The molecule has 1 aromatic carbocycles. The minimum atomic E-state index is -0.377. The van der Waals surface area contributed by atoms with Gasteiger partial charge in [0.05, 0.1) is 6.10 Å². The number of hydrogen-bond donors (Lipinski definition) is 2. The Morgan fingerprint density at radius 1 is 1.29 bits per heavy atom. The molecule has 0 bridgehead atoms. The molecule has 1 aliphatic rings. The number of ether oxygens (including phenoxy) is 1. The average Bonchev–Trinajstić information content (AvgIpc) is 2.52. The van der Waals surface area contributed by atoms with Crippen molar-refractivity contribution in [2.24, 2.45) is 5.73 Å². The van der Waals surface area contributed by atoms with E-state index < -0.39 is 0 Å². The summed E-state index contributed by atoms with van der Waals surface area (Å²) in [6.07, 6.45) is 7.97. The van der Waals surface area contributed by atoms with Gasteiger partial charge in [-0.05, 0) is 43.5 Å². The maximum Gasteiger partial charge on any atom is 0.248 e. The molecule has 116 valence electrons. The number of hydrogen-bond acceptors (Lipinski definition) is 3. The van der Waals surface area contributed by atoms with Crippen molar-refractivity contribution >= 4 is 5.91 Å². The van der Waals surface area contributed by atoms with E-state index in [2.05, 4.69) is 5.32 Å². The van der Waals surface area contributed by atoms with Crippen molar-refractivity contribution in [2.45, 2.75) is 51.2 Å². The van der Waals surface area contributed by atoms with E-state index in [4.69, 9.17) is 10.5 Å². The van der Waals surface area contributed by atoms with Crippen LogP contribution < -0.4 is 11.1 Å². The first-order valence-corrected chi connectivity index (χ1v) is 7.97. The Bertz CT molecular complexity index is 442. The summed E-state index contributed by atoms with van der Waals surface area (Å²) >= 11 is 0. The Morgan fingerprint density at radius 2 is 2.10 bits per heavy atom. The van der Waals surface area contributed by atoms with E-state index in [-0.39, 0.29) is 5.91 Å². The zero-order valence-electron chi connectivity index (χ0n) is 12.6. The highest BCUT2D eigenvalue weighted by Crippen LogP contribution is 2.20. The second-order valence-corrected chi connectivity index (χ2v) is 5.73. The van der Waals surface area contributed by atoms with Gasteiger partial charge in [0.15, 0.2) is 0 Å². The maximum atomic E-state index is 11.1. The van der Waals surface area contributed by atoms with Gasteiger partial charge < -0.3 is 15.8 Å². The second-order valence-electron chi connectivity index (χ2n) is 5.73. The van der Waals surface area contributed by atoms with Crippen molar-refractivity contribution < 1.29 is 9.53 Å². The first kappa shape index (κ1) is 16.0. The van der Waals surface area contributed by atoms with Crippen LogP contribution in [0, 0.1) is 0 Å². The van der Waals surface area contributed by atoms with Crippen LogP contribution in [0.15, 0.2) is 24.3 Å². The molecule has 1 amide bonds. The van der Waals surface area contributed by atoms with Crippen LogP contribution >= 0.6 is 0 Å². The third-order valence-corrected chi connectivity index (χ3v) is 3.94. The minimum absolute atomic E-state index is 0.377. The predicted octanol–water partition coefficient (Wildman–Crippen LogP) is 2.61. The summed E-state index contributed by atoms with van der Waals surface area (Å²) < 4.78 is 5.88. The molecule has 0 aromatic heterocycles. The van der Waals surface area contributed by atoms with E-state index in [1.54, 1.807) is 6.07 Å². The Kier molecular flexibility index (Phi) is 6.70. The third kappa shape index (κ3) is 5.86. The number of nitrogens with one attached hydrogen (secondary N) is 1. The Hall–Kier alpha value is -1.39. The van der Waals surface area contributed by atoms with Crippen LogP contribution in [0.5, 0.6) is 0 Å². The molecule has 3 N–H and O–H groups in total. The van der Waals surface area contributed by atoms with Crippen LogP contribution in [-0.4, -0.2) is 25.2 Å². The van der Waals surface area contributed by atoms with Gasteiger partial charge in [-0.2, -0.15) is 0 Å². The van der Waals surface area contributed by atoms with Crippen molar-refractivity contribution in [1.29, 1.82) is 0 Å². The van der Waals surface area contributed by atoms with Crippen LogP contribution in [0.4, 0.5) is 0 Å². The first-order chi connectivity index (χ1) is 10.3. The summed E-state index contributed by atoms with van der Waals surface area (Å²) in [5.41, 5.74) is 6.92. The molecular formula is C17H26N2O2. The number of amides is 1. The minimum Gasteiger partial charge on any atom is -0.378 e. The molecule has 0 radical (unpaired) electrons. The molecule has 1 aromatic rings. The number of carbonyl (C=O) groups is 1. The molecule has 1 saturated carbocycles. The fourth-order valence-corrected chi connectivity index (χ4v) is 2.75. The monoisotopic (exact) mass is 290 g/mol. The highest BCUT2D eigenvalue weighted by atomic mass is 16.5. The van der Waals surface area contributed by atoms with Crippen LogP contribution in [0.3, 0.4) is 0 Å². The van der Waals surface area contributed by atoms with Crippen molar-refractivity contribution in [3.63, 3.8) is 0 Å². The molecular weight excluding hydrogens is 264 g/mol. The number of nitrogens with two attached hydrogens (primary N) is 1. The lowest BCUT2D eigenvalue weighted by Crippen LogP contribution is -2.21. The van der Waals surface area contributed by atoms with E-state index in [1.807, 2.05) is 18.2 Å². The fraction of sp³-hybridized carbons (Fsp3) is 0.588. The van der Waals surface area contributed by atoms with Crippen molar-refractivity contribution in [1.82, 2.24) is 5.32 Å². The molecule has 1 fully saturated rings. The summed E-state index contributed by atoms with van der Waals surface area (Å²) in [6.45, 7) is 2.51. The Morgan fingerprint density at radius 3 is 2.86 bits per heavy atom. The van der Waals surface area contributed by atoms with Gasteiger partial charge in [-0.1, -0.05) is 31.4 Å². The van der Waals surface area contributed by atoms with Crippen LogP contribution in [0.25, 0.3) is 0 Å². The van der Waals surface area contributed by atoms with Crippen LogP contribution in [0.1, 0.15) is 54.4 Å². The fourth-order valence-electron chi connectivity index (χ4n) is 2.75. The zero-order valence-corrected chi connectivity index (χ0v) is 12.6. The lowest BCUT2D eigenvalue weighted by atomic mass is 9.98. The lowest BCUT2D eigenvalue weighted by Gasteiger charge is -2.21. The summed E-state index contributed by atoms with van der Waals surface area (Å²) in [5.74, 6) is -0.377. The SMILES string of the molecule is NC(=O)c1cccc(CNCCCOC2CCCCC2)c1. The van der Waals surface area contributed by atoms with E-state index in [0.29, 0.717) is 11.7 Å². The van der Waals surface area contributed by atoms with E-state index >= 15 is 0 Å². The van der Waals surface area contributed by atoms with E-state index in [9.17, 15) is 4.79 Å². The van der Waals surface area contributed by atoms with Crippen molar-refractivity contribution in [2.75, 3.05) is 13.2 Å². The lowest BCUT2D eigenvalue weighted by molar-refractivity contribution is 0.0273. The predicted molar refractivity (Wildman–Crippen MR) is 84.1 cm³/mol. The molecule has 0 unspecified atom stereocenters. The summed E-state index contributed by atoms with van der Waals surface area (Å²) in [6, 6.07) is 7.44. The highest BCUT2D eigenvalue weighted by molar-refractivity contribution is 5.92. The molecule has 1 aliphatic carbocycles. The van der Waals surface area contributed by atoms with Gasteiger partial charge in [-0.3, -0.25) is 4.79 Å². The summed E-state index contributed by atoms with van der Waals surface area (Å²) in [7, 11) is 0. The van der Waals surface area contributed by atoms with Gasteiger partial charge >= 0.3 is 0 Å². The Balaban J connectivity index is 1.57. The quantitative estimate of drug-likeness (QED) is 0.723. The second kappa shape index (κ2) is 8.80. The standard InChI is InChI=1S/C17H26N2O2/c18-17(20)15-7-4-6-14(12-15)13-19-10-5-11-21-16-8-2-1-3-9-16/h4,6-7,12,16,19H,1-3,5,8-11,13H2,(H2,18,20). The van der Waals surface area contributed by atoms with Gasteiger partial charge in [0.1, 0.15) is 0 Å². The maximum absolute atomic E-state index is 11.1. The van der Waals surface area contributed by atoms with Gasteiger partial charge in [-0.15, -0.1) is 0 Å². The molecule has 0 saturated heterocycles. The molecule has 0 spiro atoms. The molecule has 0 heterocycles. The molecule has 4 nitrogen and oxygen atoms in total. The normalized spacial score (nSPS) is 16.0.